The highest BCUT2D eigenvalue weighted by Crippen LogP contribution is 2.34. The Bertz CT molecular complexity index is 377. The number of benzene rings is 1. The van der Waals surface area contributed by atoms with Gasteiger partial charge in [0.1, 0.15) is 0 Å². The molecule has 1 radical (unpaired) electrons. The summed E-state index contributed by atoms with van der Waals surface area (Å²) in [5.41, 5.74) is -1.30. The Morgan fingerprint density at radius 2 is 2.25 bits per heavy atom. The van der Waals surface area contributed by atoms with Crippen molar-refractivity contribution in [2.24, 2.45) is 0 Å². The topological polar surface area (TPSA) is 38.3 Å². The van der Waals surface area contributed by atoms with E-state index in [1.165, 1.54) is 6.07 Å². The normalized spacial score (nSPS) is 11.0. The number of amides is 1. The Morgan fingerprint density at radius 3 is 2.81 bits per heavy atom. The van der Waals surface area contributed by atoms with E-state index in [4.69, 9.17) is 0 Å². The molecule has 0 atom stereocenters. The number of ether oxygens (including phenoxy) is 1. The Morgan fingerprint density at radius 1 is 1.56 bits per heavy atom. The minimum absolute atomic E-state index is 0.0894. The molecule has 0 saturated heterocycles. The molecule has 0 fully saturated rings. The number of anilines is 1. The zero-order chi connectivity index (χ0) is 12.2. The van der Waals surface area contributed by atoms with Crippen LogP contribution >= 0.6 is 0 Å². The maximum absolute atomic E-state index is 12.5. The standard InChI is InChI=1S/C10H9F3NO2/c1-2-16-9(15)14-8-6-4-3-5-7(8)10(11,12)13/h4-6H,2H2,1H3,(H,14,15). The van der Waals surface area contributed by atoms with Gasteiger partial charge in [0.25, 0.3) is 0 Å². The fraction of sp³-hybridized carbons (Fsp3) is 0.300. The first kappa shape index (κ1) is 12.4. The molecule has 1 amide bonds. The van der Waals surface area contributed by atoms with Crippen LogP contribution in [0.25, 0.3) is 0 Å². The van der Waals surface area contributed by atoms with Gasteiger partial charge in [0, 0.05) is 0 Å². The highest BCUT2D eigenvalue weighted by atomic mass is 19.4. The number of hydrogen-bond acceptors (Lipinski definition) is 2. The van der Waals surface area contributed by atoms with Crippen molar-refractivity contribution >= 4 is 11.8 Å². The molecule has 1 aromatic rings. The van der Waals surface area contributed by atoms with Crippen molar-refractivity contribution in [3.63, 3.8) is 0 Å². The van der Waals surface area contributed by atoms with Gasteiger partial charge >= 0.3 is 12.3 Å². The van der Waals surface area contributed by atoms with Gasteiger partial charge in [-0.2, -0.15) is 13.2 Å². The summed E-state index contributed by atoms with van der Waals surface area (Å²) in [5, 5.41) is 2.02. The molecule has 0 aliphatic heterocycles. The van der Waals surface area contributed by atoms with Gasteiger partial charge in [-0.3, -0.25) is 5.32 Å². The lowest BCUT2D eigenvalue weighted by Gasteiger charge is -2.12. The van der Waals surface area contributed by atoms with Crippen molar-refractivity contribution in [2.75, 3.05) is 11.9 Å². The molecule has 0 aliphatic carbocycles. The summed E-state index contributed by atoms with van der Waals surface area (Å²) in [6, 6.07) is 5.45. The van der Waals surface area contributed by atoms with E-state index in [1.807, 2.05) is 5.32 Å². The van der Waals surface area contributed by atoms with Crippen LogP contribution in [-0.4, -0.2) is 12.7 Å². The number of carbonyl (C=O) groups excluding carboxylic acids is 1. The van der Waals surface area contributed by atoms with Gasteiger partial charge in [0.05, 0.1) is 17.9 Å². The molecule has 3 nitrogen and oxygen atoms in total. The van der Waals surface area contributed by atoms with Gasteiger partial charge in [0.2, 0.25) is 0 Å². The third kappa shape index (κ3) is 3.15. The predicted octanol–water partition coefficient (Wildman–Crippen LogP) is 3.07. The average Bonchev–Trinajstić information content (AvgIpc) is 2.17. The largest absolute Gasteiger partial charge is 0.450 e. The van der Waals surface area contributed by atoms with Gasteiger partial charge in [-0.15, -0.1) is 0 Å². The van der Waals surface area contributed by atoms with Gasteiger partial charge in [0.15, 0.2) is 0 Å². The monoisotopic (exact) mass is 232 g/mol. The number of alkyl halides is 3. The second kappa shape index (κ2) is 4.87. The lowest BCUT2D eigenvalue weighted by molar-refractivity contribution is -0.136. The zero-order valence-corrected chi connectivity index (χ0v) is 8.39. The summed E-state index contributed by atoms with van der Waals surface area (Å²) in [5.74, 6) is 0. The van der Waals surface area contributed by atoms with Crippen molar-refractivity contribution in [1.29, 1.82) is 0 Å². The number of hydrogen-bond donors (Lipinski definition) is 1. The first-order valence-corrected chi connectivity index (χ1v) is 4.46. The van der Waals surface area contributed by atoms with Crippen LogP contribution in [0.3, 0.4) is 0 Å². The van der Waals surface area contributed by atoms with E-state index < -0.39 is 17.8 Å². The second-order valence-electron chi connectivity index (χ2n) is 2.81. The summed E-state index contributed by atoms with van der Waals surface area (Å²) in [4.78, 5) is 11.0. The summed E-state index contributed by atoms with van der Waals surface area (Å²) in [6.45, 7) is 1.65. The molecular formula is C10H9F3NO2. The molecule has 6 heteroatoms. The molecule has 16 heavy (non-hydrogen) atoms. The van der Waals surface area contributed by atoms with E-state index in [0.717, 1.165) is 12.1 Å². The minimum Gasteiger partial charge on any atom is -0.450 e. The quantitative estimate of drug-likeness (QED) is 0.850. The molecule has 0 spiro atoms. The van der Waals surface area contributed by atoms with Gasteiger partial charge in [-0.25, -0.2) is 4.79 Å². The Kier molecular flexibility index (Phi) is 3.76. The maximum Gasteiger partial charge on any atom is 0.418 e. The van der Waals surface area contributed by atoms with Crippen molar-refractivity contribution in [2.45, 2.75) is 13.1 Å². The second-order valence-corrected chi connectivity index (χ2v) is 2.81. The molecule has 1 aromatic carbocycles. The molecule has 87 valence electrons. The van der Waals surface area contributed by atoms with Gasteiger partial charge in [-0.1, -0.05) is 6.07 Å². The molecule has 0 aliphatic rings. The van der Waals surface area contributed by atoms with Crippen LogP contribution in [-0.2, 0) is 10.9 Å². The van der Waals surface area contributed by atoms with Crippen molar-refractivity contribution in [1.82, 2.24) is 0 Å². The Labute approximate surface area is 90.2 Å². The number of halogens is 3. The highest BCUT2D eigenvalue weighted by molar-refractivity contribution is 5.85. The van der Waals surface area contributed by atoms with Crippen molar-refractivity contribution < 1.29 is 22.7 Å². The van der Waals surface area contributed by atoms with Crippen LogP contribution in [0.2, 0.25) is 0 Å². The highest BCUT2D eigenvalue weighted by Gasteiger charge is 2.33. The van der Waals surface area contributed by atoms with Crippen LogP contribution in [0.4, 0.5) is 23.7 Å². The molecule has 0 bridgehead atoms. The van der Waals surface area contributed by atoms with Crippen molar-refractivity contribution in [3.05, 3.63) is 29.8 Å². The molecule has 0 aromatic heterocycles. The first-order chi connectivity index (χ1) is 7.45. The number of carbonyl (C=O) groups is 1. The van der Waals surface area contributed by atoms with Crippen LogP contribution < -0.4 is 5.32 Å². The minimum atomic E-state index is -4.54. The van der Waals surface area contributed by atoms with E-state index in [1.54, 1.807) is 6.92 Å². The van der Waals surface area contributed by atoms with E-state index in [9.17, 15) is 18.0 Å². The predicted molar refractivity (Wildman–Crippen MR) is 50.9 cm³/mol. The molecule has 0 unspecified atom stereocenters. The number of rotatable bonds is 2. The fourth-order valence-corrected chi connectivity index (χ4v) is 1.05. The van der Waals surface area contributed by atoms with E-state index in [0.29, 0.717) is 0 Å². The van der Waals surface area contributed by atoms with E-state index in [-0.39, 0.29) is 12.3 Å². The van der Waals surface area contributed by atoms with Crippen LogP contribution in [0, 0.1) is 6.07 Å². The van der Waals surface area contributed by atoms with Crippen LogP contribution in [0.15, 0.2) is 18.2 Å². The molecule has 1 rings (SSSR count). The molecule has 0 saturated carbocycles. The average molecular weight is 232 g/mol. The Hall–Kier alpha value is -1.72. The maximum atomic E-state index is 12.5. The fourth-order valence-electron chi connectivity index (χ4n) is 1.05. The first-order valence-electron chi connectivity index (χ1n) is 4.46. The lowest BCUT2D eigenvalue weighted by atomic mass is 10.2. The molecular weight excluding hydrogens is 223 g/mol. The van der Waals surface area contributed by atoms with Gasteiger partial charge in [-0.05, 0) is 25.1 Å². The van der Waals surface area contributed by atoms with Gasteiger partial charge < -0.3 is 4.74 Å². The summed E-state index contributed by atoms with van der Waals surface area (Å²) in [7, 11) is 0. The molecule has 1 N–H and O–H groups in total. The van der Waals surface area contributed by atoms with Crippen molar-refractivity contribution in [3.8, 4) is 0 Å². The Balaban J connectivity index is 2.92. The van der Waals surface area contributed by atoms with E-state index >= 15 is 0 Å². The SMILES string of the molecule is CCOC(=O)Nc1cc[c]cc1C(F)(F)F. The lowest BCUT2D eigenvalue weighted by Crippen LogP contribution is -2.17. The third-order valence-electron chi connectivity index (χ3n) is 1.68. The summed E-state index contributed by atoms with van der Waals surface area (Å²) >= 11 is 0. The zero-order valence-electron chi connectivity index (χ0n) is 8.39. The summed E-state index contributed by atoms with van der Waals surface area (Å²) in [6.07, 6.45) is -5.45. The van der Waals surface area contributed by atoms with E-state index in [2.05, 4.69) is 10.8 Å². The molecule has 0 heterocycles. The summed E-state index contributed by atoms with van der Waals surface area (Å²) < 4.78 is 41.9. The van der Waals surface area contributed by atoms with Crippen LogP contribution in [0.5, 0.6) is 0 Å². The van der Waals surface area contributed by atoms with Crippen LogP contribution in [0.1, 0.15) is 12.5 Å². The third-order valence-corrected chi connectivity index (χ3v) is 1.68. The smallest absolute Gasteiger partial charge is 0.418 e. The number of nitrogens with one attached hydrogen (secondary N) is 1.